The molecule has 2 unspecified atom stereocenters. The first-order valence-electron chi connectivity index (χ1n) is 6.74. The molecule has 2 atom stereocenters. The normalized spacial score (nSPS) is 23.1. The number of aliphatic hydroxyl groups is 1. The molecule has 18 heavy (non-hydrogen) atoms. The summed E-state index contributed by atoms with van der Waals surface area (Å²) in [6.07, 6.45) is 4.31. The summed E-state index contributed by atoms with van der Waals surface area (Å²) in [5, 5.41) is 9.82. The van der Waals surface area contributed by atoms with Gasteiger partial charge in [-0.2, -0.15) is 0 Å². The maximum Gasteiger partial charge on any atom is 0.120 e. The molecular weight excluding hydrogens is 226 g/mol. The lowest BCUT2D eigenvalue weighted by atomic mass is 10.0. The van der Waals surface area contributed by atoms with E-state index in [1.807, 2.05) is 18.2 Å². The zero-order valence-electron chi connectivity index (χ0n) is 11.3. The summed E-state index contributed by atoms with van der Waals surface area (Å²) >= 11 is 0. The number of anilines is 1. The maximum atomic E-state index is 9.82. The lowest BCUT2D eigenvalue weighted by Crippen LogP contribution is -2.23. The Kier molecular flexibility index (Phi) is 4.48. The number of benzene rings is 1. The first kappa shape index (κ1) is 13.2. The molecule has 0 bridgehead atoms. The molecule has 0 aromatic heterocycles. The van der Waals surface area contributed by atoms with Crippen molar-refractivity contribution in [2.45, 2.75) is 31.8 Å². The molecule has 1 aromatic carbocycles. The zero-order valence-corrected chi connectivity index (χ0v) is 11.3. The minimum absolute atomic E-state index is 0.0799. The van der Waals surface area contributed by atoms with Crippen molar-refractivity contribution in [3.63, 3.8) is 0 Å². The smallest absolute Gasteiger partial charge is 0.120 e. The van der Waals surface area contributed by atoms with Crippen LogP contribution < -0.4 is 9.64 Å². The highest BCUT2D eigenvalue weighted by atomic mass is 16.5. The number of hydrogen-bond acceptors (Lipinski definition) is 3. The minimum atomic E-state index is -0.0799. The van der Waals surface area contributed by atoms with Gasteiger partial charge in [-0.1, -0.05) is 12.5 Å². The van der Waals surface area contributed by atoms with Crippen molar-refractivity contribution in [3.8, 4) is 5.75 Å². The Morgan fingerprint density at radius 2 is 2.22 bits per heavy atom. The van der Waals surface area contributed by atoms with Gasteiger partial charge >= 0.3 is 0 Å². The Balaban J connectivity index is 1.88. The number of aliphatic hydroxyl groups excluding tert-OH is 1. The highest BCUT2D eigenvalue weighted by Crippen LogP contribution is 2.29. The van der Waals surface area contributed by atoms with Gasteiger partial charge < -0.3 is 14.7 Å². The number of ether oxygens (including phenoxy) is 1. The molecule has 2 rings (SSSR count). The lowest BCUT2D eigenvalue weighted by Gasteiger charge is -2.23. The average Bonchev–Trinajstić information content (AvgIpc) is 2.81. The molecule has 0 aliphatic heterocycles. The van der Waals surface area contributed by atoms with E-state index < -0.39 is 0 Å². The molecular formula is C15H23NO2. The van der Waals surface area contributed by atoms with Crippen molar-refractivity contribution in [1.29, 1.82) is 0 Å². The Morgan fingerprint density at radius 3 is 2.89 bits per heavy atom. The van der Waals surface area contributed by atoms with Crippen molar-refractivity contribution < 1.29 is 9.84 Å². The van der Waals surface area contributed by atoms with Crippen LogP contribution in [0.25, 0.3) is 0 Å². The van der Waals surface area contributed by atoms with Gasteiger partial charge in [-0.3, -0.25) is 0 Å². The molecule has 0 spiro atoms. The summed E-state index contributed by atoms with van der Waals surface area (Å²) in [6, 6.07) is 8.10. The molecule has 1 saturated carbocycles. The van der Waals surface area contributed by atoms with E-state index in [0.717, 1.165) is 25.1 Å². The SMILES string of the molecule is COc1cccc(N(C)CCC2CCCC2O)c1. The van der Waals surface area contributed by atoms with Crippen LogP contribution in [0.15, 0.2) is 24.3 Å². The highest BCUT2D eigenvalue weighted by molar-refractivity contribution is 5.49. The summed E-state index contributed by atoms with van der Waals surface area (Å²) < 4.78 is 5.23. The van der Waals surface area contributed by atoms with Crippen LogP contribution in [0.1, 0.15) is 25.7 Å². The molecule has 0 saturated heterocycles. The predicted molar refractivity (Wildman–Crippen MR) is 74.2 cm³/mol. The topological polar surface area (TPSA) is 32.7 Å². The largest absolute Gasteiger partial charge is 0.497 e. The van der Waals surface area contributed by atoms with Crippen LogP contribution in [0.5, 0.6) is 5.75 Å². The van der Waals surface area contributed by atoms with E-state index in [2.05, 4.69) is 18.0 Å². The van der Waals surface area contributed by atoms with E-state index in [4.69, 9.17) is 4.74 Å². The molecule has 1 aliphatic rings. The minimum Gasteiger partial charge on any atom is -0.497 e. The van der Waals surface area contributed by atoms with E-state index in [1.165, 1.54) is 18.5 Å². The van der Waals surface area contributed by atoms with Gasteiger partial charge in [-0.25, -0.2) is 0 Å². The van der Waals surface area contributed by atoms with E-state index in [-0.39, 0.29) is 6.10 Å². The van der Waals surface area contributed by atoms with Gasteiger partial charge in [-0.15, -0.1) is 0 Å². The summed E-state index contributed by atoms with van der Waals surface area (Å²) in [7, 11) is 3.78. The van der Waals surface area contributed by atoms with Gasteiger partial charge in [0.2, 0.25) is 0 Å². The van der Waals surface area contributed by atoms with Gasteiger partial charge in [0.25, 0.3) is 0 Å². The molecule has 0 radical (unpaired) electrons. The molecule has 1 aliphatic carbocycles. The van der Waals surface area contributed by atoms with Crippen molar-refractivity contribution in [1.82, 2.24) is 0 Å². The van der Waals surface area contributed by atoms with Crippen LogP contribution in [-0.2, 0) is 0 Å². The van der Waals surface area contributed by atoms with Crippen molar-refractivity contribution in [3.05, 3.63) is 24.3 Å². The second kappa shape index (κ2) is 6.10. The Morgan fingerprint density at radius 1 is 1.39 bits per heavy atom. The standard InChI is InChI=1S/C15H23NO2/c1-16(10-9-12-5-3-8-15(12)17)13-6-4-7-14(11-13)18-2/h4,6-7,11-12,15,17H,3,5,8-10H2,1-2H3. The van der Waals surface area contributed by atoms with Crippen LogP contribution in [0.3, 0.4) is 0 Å². The fourth-order valence-electron chi connectivity index (χ4n) is 2.69. The second-order valence-electron chi connectivity index (χ2n) is 5.17. The zero-order chi connectivity index (χ0) is 13.0. The Bertz CT molecular complexity index is 381. The first-order valence-corrected chi connectivity index (χ1v) is 6.74. The number of methoxy groups -OCH3 is 1. The second-order valence-corrected chi connectivity index (χ2v) is 5.17. The van der Waals surface area contributed by atoms with Crippen LogP contribution in [0.2, 0.25) is 0 Å². The molecule has 1 fully saturated rings. The van der Waals surface area contributed by atoms with Crippen molar-refractivity contribution in [2.75, 3.05) is 25.6 Å². The Labute approximate surface area is 109 Å². The molecule has 0 amide bonds. The van der Waals surface area contributed by atoms with Crippen LogP contribution in [-0.4, -0.2) is 31.9 Å². The predicted octanol–water partition coefficient (Wildman–Crippen LogP) is 2.68. The highest BCUT2D eigenvalue weighted by Gasteiger charge is 2.24. The van der Waals surface area contributed by atoms with E-state index in [9.17, 15) is 5.11 Å². The maximum absolute atomic E-state index is 9.82. The monoisotopic (exact) mass is 249 g/mol. The van der Waals surface area contributed by atoms with Gasteiger partial charge in [-0.05, 0) is 37.3 Å². The molecule has 3 nitrogen and oxygen atoms in total. The third-order valence-electron chi connectivity index (χ3n) is 3.95. The molecule has 100 valence electrons. The van der Waals surface area contributed by atoms with Gasteiger partial charge in [0.05, 0.1) is 13.2 Å². The average molecular weight is 249 g/mol. The fraction of sp³-hybridized carbons (Fsp3) is 0.600. The number of rotatable bonds is 5. The summed E-state index contributed by atoms with van der Waals surface area (Å²) in [4.78, 5) is 2.23. The van der Waals surface area contributed by atoms with Gasteiger partial charge in [0.1, 0.15) is 5.75 Å². The molecule has 3 heteroatoms. The van der Waals surface area contributed by atoms with Crippen LogP contribution in [0.4, 0.5) is 5.69 Å². The fourth-order valence-corrected chi connectivity index (χ4v) is 2.69. The summed E-state index contributed by atoms with van der Waals surface area (Å²) in [5.41, 5.74) is 1.17. The van der Waals surface area contributed by atoms with E-state index >= 15 is 0 Å². The number of nitrogens with zero attached hydrogens (tertiary/aromatic N) is 1. The van der Waals surface area contributed by atoms with Gasteiger partial charge in [0.15, 0.2) is 0 Å². The first-order chi connectivity index (χ1) is 8.70. The molecule has 1 N–H and O–H groups in total. The third-order valence-corrected chi connectivity index (χ3v) is 3.95. The van der Waals surface area contributed by atoms with Gasteiger partial charge in [0, 0.05) is 25.3 Å². The van der Waals surface area contributed by atoms with Crippen LogP contribution in [0, 0.1) is 5.92 Å². The van der Waals surface area contributed by atoms with Crippen molar-refractivity contribution >= 4 is 5.69 Å². The van der Waals surface area contributed by atoms with E-state index in [0.29, 0.717) is 5.92 Å². The summed E-state index contributed by atoms with van der Waals surface area (Å²) in [5.74, 6) is 1.37. The quantitative estimate of drug-likeness (QED) is 0.871. The molecule has 1 aromatic rings. The third kappa shape index (κ3) is 3.16. The Hall–Kier alpha value is -1.22. The molecule has 0 heterocycles. The van der Waals surface area contributed by atoms with Crippen molar-refractivity contribution in [2.24, 2.45) is 5.92 Å². The van der Waals surface area contributed by atoms with Crippen LogP contribution >= 0.6 is 0 Å². The summed E-state index contributed by atoms with van der Waals surface area (Å²) in [6.45, 7) is 0.981. The van der Waals surface area contributed by atoms with E-state index in [1.54, 1.807) is 7.11 Å². The number of hydrogen-bond donors (Lipinski definition) is 1. The lowest BCUT2D eigenvalue weighted by molar-refractivity contribution is 0.129.